The maximum absolute atomic E-state index is 11.7. The van der Waals surface area contributed by atoms with Gasteiger partial charge < -0.3 is 4.74 Å². The molecule has 84 valence electrons. The number of aryl methyl sites for hydroxylation is 1. The Hall–Kier alpha value is -1.31. The van der Waals surface area contributed by atoms with E-state index in [4.69, 9.17) is 4.74 Å². The van der Waals surface area contributed by atoms with Gasteiger partial charge >= 0.3 is 5.97 Å². The lowest BCUT2D eigenvalue weighted by molar-refractivity contribution is -0.145. The number of ether oxygens (including phenoxy) is 1. The molecule has 0 bridgehead atoms. The number of hydrogen-bond donors (Lipinski definition) is 0. The second kappa shape index (κ2) is 3.34. The highest BCUT2D eigenvalue weighted by Crippen LogP contribution is 2.61. The van der Waals surface area contributed by atoms with Crippen LogP contribution in [0.5, 0.6) is 0 Å². The second-order valence-corrected chi connectivity index (χ2v) is 4.87. The van der Waals surface area contributed by atoms with E-state index < -0.39 is 0 Å². The molecule has 1 saturated carbocycles. The van der Waals surface area contributed by atoms with Gasteiger partial charge in [-0.25, -0.2) is 0 Å². The molecular weight excluding hydrogens is 200 g/mol. The number of benzene rings is 1. The number of carbonyl (C=O) groups is 1. The van der Waals surface area contributed by atoms with Crippen LogP contribution < -0.4 is 0 Å². The first-order chi connectivity index (χ1) is 7.72. The van der Waals surface area contributed by atoms with Crippen LogP contribution >= 0.6 is 0 Å². The van der Waals surface area contributed by atoms with Crippen LogP contribution in [-0.4, -0.2) is 12.6 Å². The first-order valence-electron chi connectivity index (χ1n) is 5.98. The fourth-order valence-corrected chi connectivity index (χ4v) is 3.10. The minimum atomic E-state index is 0.00345. The molecule has 1 aromatic rings. The van der Waals surface area contributed by atoms with Crippen molar-refractivity contribution in [2.45, 2.75) is 26.2 Å². The van der Waals surface area contributed by atoms with E-state index in [9.17, 15) is 4.79 Å². The summed E-state index contributed by atoms with van der Waals surface area (Å²) in [6.45, 7) is 4.48. The van der Waals surface area contributed by atoms with Crippen molar-refractivity contribution in [3.05, 3.63) is 34.9 Å². The van der Waals surface area contributed by atoms with E-state index in [1.165, 1.54) is 16.7 Å². The highest BCUT2D eigenvalue weighted by Gasteiger charge is 2.60. The fourth-order valence-electron chi connectivity index (χ4n) is 3.10. The molecule has 0 N–H and O–H groups in total. The topological polar surface area (TPSA) is 26.3 Å². The van der Waals surface area contributed by atoms with E-state index >= 15 is 0 Å². The summed E-state index contributed by atoms with van der Waals surface area (Å²) in [7, 11) is 0. The molecule has 0 aromatic heterocycles. The van der Waals surface area contributed by atoms with Crippen LogP contribution in [0, 0.1) is 18.8 Å². The highest BCUT2D eigenvalue weighted by atomic mass is 16.5. The van der Waals surface area contributed by atoms with E-state index in [0.717, 1.165) is 6.42 Å². The van der Waals surface area contributed by atoms with Gasteiger partial charge in [-0.15, -0.1) is 0 Å². The molecule has 2 aliphatic carbocycles. The third-order valence-corrected chi connectivity index (χ3v) is 3.84. The molecule has 16 heavy (non-hydrogen) atoms. The van der Waals surface area contributed by atoms with E-state index in [0.29, 0.717) is 18.4 Å². The summed E-state index contributed by atoms with van der Waals surface area (Å²) in [6, 6.07) is 6.58. The number of fused-ring (bicyclic) bond motifs is 3. The van der Waals surface area contributed by atoms with Crippen molar-refractivity contribution in [3.63, 3.8) is 0 Å². The molecular formula is C14H16O2. The monoisotopic (exact) mass is 216 g/mol. The molecule has 0 aliphatic heterocycles. The minimum absolute atomic E-state index is 0.00345. The Bertz CT molecular complexity index is 450. The van der Waals surface area contributed by atoms with Crippen LogP contribution in [0.25, 0.3) is 0 Å². The normalized spacial score (nSPS) is 29.5. The zero-order valence-corrected chi connectivity index (χ0v) is 9.69. The maximum atomic E-state index is 11.7. The average Bonchev–Trinajstić information content (AvgIpc) is 2.82. The van der Waals surface area contributed by atoms with Crippen LogP contribution in [0.1, 0.15) is 29.5 Å². The Morgan fingerprint density at radius 3 is 3.06 bits per heavy atom. The van der Waals surface area contributed by atoms with E-state index in [2.05, 4.69) is 25.1 Å². The van der Waals surface area contributed by atoms with Crippen molar-refractivity contribution in [3.8, 4) is 0 Å². The van der Waals surface area contributed by atoms with Crippen LogP contribution in [-0.2, 0) is 16.0 Å². The van der Waals surface area contributed by atoms with Crippen molar-refractivity contribution in [2.24, 2.45) is 11.8 Å². The molecule has 2 heteroatoms. The molecule has 1 aromatic carbocycles. The maximum Gasteiger partial charge on any atom is 0.309 e. The Kier molecular flexibility index (Phi) is 2.06. The van der Waals surface area contributed by atoms with Crippen LogP contribution in [0.3, 0.4) is 0 Å². The molecule has 3 rings (SSSR count). The molecule has 3 atom stereocenters. The molecule has 0 heterocycles. The predicted octanol–water partition coefficient (Wildman–Crippen LogP) is 2.44. The summed E-state index contributed by atoms with van der Waals surface area (Å²) in [5, 5.41) is 0. The molecule has 0 spiro atoms. The molecule has 0 radical (unpaired) electrons. The lowest BCUT2D eigenvalue weighted by atomic mass is 10.0. The van der Waals surface area contributed by atoms with Crippen molar-refractivity contribution in [1.82, 2.24) is 0 Å². The largest absolute Gasteiger partial charge is 0.466 e. The molecule has 1 fully saturated rings. The van der Waals surface area contributed by atoms with Crippen molar-refractivity contribution in [1.29, 1.82) is 0 Å². The summed E-state index contributed by atoms with van der Waals surface area (Å²) in [6.07, 6.45) is 1.06. The van der Waals surface area contributed by atoms with Gasteiger partial charge in [-0.05, 0) is 37.3 Å². The van der Waals surface area contributed by atoms with Crippen molar-refractivity contribution < 1.29 is 9.53 Å². The third kappa shape index (κ3) is 1.29. The fraction of sp³-hybridized carbons (Fsp3) is 0.500. The molecule has 2 nitrogen and oxygen atoms in total. The lowest BCUT2D eigenvalue weighted by Crippen LogP contribution is -2.10. The van der Waals surface area contributed by atoms with E-state index in [-0.39, 0.29) is 11.9 Å². The van der Waals surface area contributed by atoms with E-state index in [1.807, 2.05) is 6.92 Å². The van der Waals surface area contributed by atoms with Gasteiger partial charge in [0.2, 0.25) is 0 Å². The zero-order chi connectivity index (χ0) is 11.3. The number of rotatable bonds is 2. The van der Waals surface area contributed by atoms with Gasteiger partial charge in [0.1, 0.15) is 0 Å². The van der Waals surface area contributed by atoms with Crippen molar-refractivity contribution in [2.75, 3.05) is 6.61 Å². The first-order valence-corrected chi connectivity index (χ1v) is 5.98. The van der Waals surface area contributed by atoms with Gasteiger partial charge in [0.25, 0.3) is 0 Å². The molecule has 0 amide bonds. The van der Waals surface area contributed by atoms with Gasteiger partial charge in [0, 0.05) is 5.92 Å². The van der Waals surface area contributed by atoms with Gasteiger partial charge in [0.15, 0.2) is 0 Å². The quantitative estimate of drug-likeness (QED) is 0.710. The molecule has 2 aliphatic rings. The van der Waals surface area contributed by atoms with Gasteiger partial charge in [-0.1, -0.05) is 23.8 Å². The van der Waals surface area contributed by atoms with Gasteiger partial charge in [-0.3, -0.25) is 4.79 Å². The zero-order valence-electron chi connectivity index (χ0n) is 9.69. The summed E-state index contributed by atoms with van der Waals surface area (Å²) < 4.78 is 5.10. The Morgan fingerprint density at radius 1 is 1.50 bits per heavy atom. The van der Waals surface area contributed by atoms with Crippen LogP contribution in [0.15, 0.2) is 18.2 Å². The predicted molar refractivity (Wildman–Crippen MR) is 61.2 cm³/mol. The summed E-state index contributed by atoms with van der Waals surface area (Å²) in [5.74, 6) is 1.13. The van der Waals surface area contributed by atoms with Crippen LogP contribution in [0.4, 0.5) is 0 Å². The van der Waals surface area contributed by atoms with Crippen molar-refractivity contribution >= 4 is 5.97 Å². The Morgan fingerprint density at radius 2 is 2.31 bits per heavy atom. The molecule has 0 saturated heterocycles. The highest BCUT2D eigenvalue weighted by molar-refractivity contribution is 5.79. The minimum Gasteiger partial charge on any atom is -0.466 e. The van der Waals surface area contributed by atoms with Gasteiger partial charge in [-0.2, -0.15) is 0 Å². The SMILES string of the molecule is CCOC(=O)[C@H]1[C@@H]2Cc3cc(C)ccc3[C@@H]21. The molecule has 0 unspecified atom stereocenters. The Balaban J connectivity index is 1.82. The summed E-state index contributed by atoms with van der Waals surface area (Å²) in [5.41, 5.74) is 4.14. The first kappa shape index (κ1) is 9.88. The second-order valence-electron chi connectivity index (χ2n) is 4.87. The number of carbonyl (C=O) groups excluding carboxylic acids is 1. The Labute approximate surface area is 95.6 Å². The van der Waals surface area contributed by atoms with Crippen LogP contribution in [0.2, 0.25) is 0 Å². The lowest BCUT2D eigenvalue weighted by Gasteiger charge is -2.07. The smallest absolute Gasteiger partial charge is 0.309 e. The number of esters is 1. The summed E-state index contributed by atoms with van der Waals surface area (Å²) >= 11 is 0. The van der Waals surface area contributed by atoms with Gasteiger partial charge in [0.05, 0.1) is 12.5 Å². The average molecular weight is 216 g/mol. The summed E-state index contributed by atoms with van der Waals surface area (Å²) in [4.78, 5) is 11.7. The third-order valence-electron chi connectivity index (χ3n) is 3.84. The number of hydrogen-bond acceptors (Lipinski definition) is 2. The standard InChI is InChI=1S/C14H16O2/c1-3-16-14(15)13-11-7-9-6-8(2)4-5-10(9)12(11)13/h4-6,11-13H,3,7H2,1-2H3/t11-,12+,13+/m1/s1. The van der Waals surface area contributed by atoms with E-state index in [1.54, 1.807) is 0 Å².